The number of halogens is 1. The predicted molar refractivity (Wildman–Crippen MR) is 123 cm³/mol. The lowest BCUT2D eigenvalue weighted by Crippen LogP contribution is -2.11. The summed E-state index contributed by atoms with van der Waals surface area (Å²) in [5.41, 5.74) is 14.0. The van der Waals surface area contributed by atoms with E-state index in [-0.39, 0.29) is 18.4 Å². The summed E-state index contributed by atoms with van der Waals surface area (Å²) in [6.07, 6.45) is 14.7. The van der Waals surface area contributed by atoms with Gasteiger partial charge < -0.3 is 16.0 Å². The fraction of sp³-hybridized carbons (Fsp3) is 0.652. The molecule has 1 aromatic carbocycles. The van der Waals surface area contributed by atoms with Gasteiger partial charge in [-0.05, 0) is 37.8 Å². The largest absolute Gasteiger partial charge is 0.337 e. The molecule has 0 fully saturated rings. The minimum absolute atomic E-state index is 0. The Labute approximate surface area is 182 Å². The standard InChI is InChI=1S/C23H38N4O.ClH/c1-2-3-4-5-6-7-8-9-12-19-14-16-20(17-15-19)22-26-23(28-27-22)21(25)13-10-11-18-24;/h14-17,21H,2-13,18,24-25H2,1H3;1H. The number of aromatic nitrogens is 2. The van der Waals surface area contributed by atoms with E-state index >= 15 is 0 Å². The summed E-state index contributed by atoms with van der Waals surface area (Å²) in [6.45, 7) is 2.95. The van der Waals surface area contributed by atoms with Crippen molar-refractivity contribution in [3.05, 3.63) is 35.7 Å². The van der Waals surface area contributed by atoms with E-state index in [0.29, 0.717) is 18.3 Å². The third-order valence-corrected chi connectivity index (χ3v) is 5.26. The van der Waals surface area contributed by atoms with Crippen molar-refractivity contribution in [2.45, 2.75) is 90.0 Å². The van der Waals surface area contributed by atoms with Gasteiger partial charge in [0.05, 0.1) is 6.04 Å². The summed E-state index contributed by atoms with van der Waals surface area (Å²) in [4.78, 5) is 4.47. The number of benzene rings is 1. The van der Waals surface area contributed by atoms with Gasteiger partial charge >= 0.3 is 0 Å². The number of aryl methyl sites for hydroxylation is 1. The molecule has 0 aliphatic heterocycles. The maximum absolute atomic E-state index is 6.13. The van der Waals surface area contributed by atoms with Gasteiger partial charge in [0, 0.05) is 5.56 Å². The van der Waals surface area contributed by atoms with Crippen LogP contribution in [0.4, 0.5) is 0 Å². The van der Waals surface area contributed by atoms with Gasteiger partial charge in [-0.3, -0.25) is 0 Å². The third-order valence-electron chi connectivity index (χ3n) is 5.26. The first-order valence-electron chi connectivity index (χ1n) is 11.1. The van der Waals surface area contributed by atoms with Crippen LogP contribution in [-0.4, -0.2) is 16.7 Å². The molecule has 0 aliphatic rings. The fourth-order valence-electron chi connectivity index (χ4n) is 3.42. The Morgan fingerprint density at radius 2 is 1.55 bits per heavy atom. The summed E-state index contributed by atoms with van der Waals surface area (Å²) in [5.74, 6) is 1.12. The van der Waals surface area contributed by atoms with E-state index in [2.05, 4.69) is 41.3 Å². The second-order valence-electron chi connectivity index (χ2n) is 7.77. The van der Waals surface area contributed by atoms with E-state index in [1.54, 1.807) is 0 Å². The van der Waals surface area contributed by atoms with Crippen molar-refractivity contribution in [2.75, 3.05) is 6.54 Å². The van der Waals surface area contributed by atoms with E-state index in [9.17, 15) is 0 Å². The molecule has 4 N–H and O–H groups in total. The molecule has 1 heterocycles. The number of hydrogen-bond donors (Lipinski definition) is 2. The van der Waals surface area contributed by atoms with Crippen LogP contribution in [0.5, 0.6) is 0 Å². The molecule has 0 amide bonds. The molecule has 2 aromatic rings. The topological polar surface area (TPSA) is 91.0 Å². The van der Waals surface area contributed by atoms with Gasteiger partial charge in [0.1, 0.15) is 0 Å². The molecule has 0 radical (unpaired) electrons. The number of rotatable bonds is 15. The van der Waals surface area contributed by atoms with E-state index in [1.807, 2.05) is 0 Å². The van der Waals surface area contributed by atoms with Gasteiger partial charge in [0.15, 0.2) is 0 Å². The Balaban J connectivity index is 0.00000420. The first kappa shape index (κ1) is 25.6. The van der Waals surface area contributed by atoms with Crippen molar-refractivity contribution in [2.24, 2.45) is 11.5 Å². The van der Waals surface area contributed by atoms with Gasteiger partial charge in [-0.2, -0.15) is 4.98 Å². The van der Waals surface area contributed by atoms with Crippen molar-refractivity contribution < 1.29 is 4.52 Å². The van der Waals surface area contributed by atoms with Gasteiger partial charge in [-0.25, -0.2) is 0 Å². The number of nitrogens with two attached hydrogens (primary N) is 2. The molecule has 0 saturated carbocycles. The van der Waals surface area contributed by atoms with Gasteiger partial charge in [0.2, 0.25) is 11.7 Å². The molecule has 2 rings (SSSR count). The second kappa shape index (κ2) is 15.4. The molecule has 1 atom stereocenters. The summed E-state index contributed by atoms with van der Waals surface area (Å²) in [6, 6.07) is 8.29. The Bertz CT molecular complexity index is 645. The van der Waals surface area contributed by atoms with Crippen molar-refractivity contribution in [1.29, 1.82) is 0 Å². The van der Waals surface area contributed by atoms with Crippen LogP contribution in [0, 0.1) is 0 Å². The van der Waals surface area contributed by atoms with Gasteiger partial charge in [-0.15, -0.1) is 12.4 Å². The molecule has 0 spiro atoms. The summed E-state index contributed by atoms with van der Waals surface area (Å²) >= 11 is 0. The molecule has 6 heteroatoms. The van der Waals surface area contributed by atoms with Crippen LogP contribution in [-0.2, 0) is 6.42 Å². The zero-order chi connectivity index (χ0) is 20.0. The highest BCUT2D eigenvalue weighted by atomic mass is 35.5. The molecule has 1 unspecified atom stereocenters. The summed E-state index contributed by atoms with van der Waals surface area (Å²) < 4.78 is 5.35. The van der Waals surface area contributed by atoms with E-state index < -0.39 is 0 Å². The first-order valence-corrected chi connectivity index (χ1v) is 11.1. The van der Waals surface area contributed by atoms with E-state index in [0.717, 1.165) is 31.2 Å². The number of unbranched alkanes of at least 4 members (excludes halogenated alkanes) is 8. The van der Waals surface area contributed by atoms with Crippen molar-refractivity contribution in [1.82, 2.24) is 10.1 Å². The van der Waals surface area contributed by atoms with Crippen LogP contribution in [0.15, 0.2) is 28.8 Å². The average Bonchev–Trinajstić information content (AvgIpc) is 3.21. The fourth-order valence-corrected chi connectivity index (χ4v) is 3.42. The van der Waals surface area contributed by atoms with Gasteiger partial charge in [-0.1, -0.05) is 87.7 Å². The lowest BCUT2D eigenvalue weighted by molar-refractivity contribution is 0.346. The molecular weight excluding hydrogens is 384 g/mol. The van der Waals surface area contributed by atoms with Crippen molar-refractivity contribution >= 4 is 12.4 Å². The van der Waals surface area contributed by atoms with Crippen LogP contribution < -0.4 is 11.5 Å². The molecule has 5 nitrogen and oxygen atoms in total. The van der Waals surface area contributed by atoms with Crippen LogP contribution in [0.25, 0.3) is 11.4 Å². The zero-order valence-electron chi connectivity index (χ0n) is 17.9. The van der Waals surface area contributed by atoms with Crippen LogP contribution in [0.2, 0.25) is 0 Å². The maximum atomic E-state index is 6.13. The third kappa shape index (κ3) is 9.75. The first-order chi connectivity index (χ1) is 13.7. The highest BCUT2D eigenvalue weighted by Crippen LogP contribution is 2.21. The molecule has 164 valence electrons. The second-order valence-corrected chi connectivity index (χ2v) is 7.77. The minimum Gasteiger partial charge on any atom is -0.337 e. The van der Waals surface area contributed by atoms with Gasteiger partial charge in [0.25, 0.3) is 0 Å². The number of nitrogens with zero attached hydrogens (tertiary/aromatic N) is 2. The highest BCUT2D eigenvalue weighted by Gasteiger charge is 2.15. The molecule has 1 aromatic heterocycles. The maximum Gasteiger partial charge on any atom is 0.243 e. The van der Waals surface area contributed by atoms with Crippen LogP contribution >= 0.6 is 12.4 Å². The monoisotopic (exact) mass is 422 g/mol. The zero-order valence-corrected chi connectivity index (χ0v) is 18.8. The Kier molecular flexibility index (Phi) is 13.6. The molecule has 0 saturated heterocycles. The van der Waals surface area contributed by atoms with E-state index in [4.69, 9.17) is 16.0 Å². The van der Waals surface area contributed by atoms with Crippen molar-refractivity contribution in [3.8, 4) is 11.4 Å². The molecular formula is C23H39ClN4O. The van der Waals surface area contributed by atoms with Crippen molar-refractivity contribution in [3.63, 3.8) is 0 Å². The molecule has 0 bridgehead atoms. The minimum atomic E-state index is -0.214. The Hall–Kier alpha value is -1.43. The summed E-state index contributed by atoms with van der Waals surface area (Å²) in [7, 11) is 0. The molecule has 29 heavy (non-hydrogen) atoms. The van der Waals surface area contributed by atoms with E-state index in [1.165, 1.54) is 56.9 Å². The quantitative estimate of drug-likeness (QED) is 0.345. The average molecular weight is 423 g/mol. The predicted octanol–water partition coefficient (Wildman–Crippen LogP) is 5.97. The highest BCUT2D eigenvalue weighted by molar-refractivity contribution is 5.85. The molecule has 0 aliphatic carbocycles. The SMILES string of the molecule is CCCCCCCCCCc1ccc(-c2noc(C(N)CCCCN)n2)cc1.Cl. The van der Waals surface area contributed by atoms with Crippen LogP contribution in [0.3, 0.4) is 0 Å². The Morgan fingerprint density at radius 1 is 0.897 bits per heavy atom. The lowest BCUT2D eigenvalue weighted by atomic mass is 10.0. The van der Waals surface area contributed by atoms with Crippen LogP contribution in [0.1, 0.15) is 95.0 Å². The normalized spacial score (nSPS) is 12.0. The smallest absolute Gasteiger partial charge is 0.243 e. The number of hydrogen-bond acceptors (Lipinski definition) is 5. The summed E-state index contributed by atoms with van der Waals surface area (Å²) in [5, 5.41) is 4.09. The lowest BCUT2D eigenvalue weighted by Gasteiger charge is -2.05. The Morgan fingerprint density at radius 3 is 2.21 bits per heavy atom.